The molecule has 1 aromatic heterocycles. The van der Waals surface area contributed by atoms with Gasteiger partial charge in [0.25, 0.3) is 0 Å². The zero-order valence-electron chi connectivity index (χ0n) is 20.7. The van der Waals surface area contributed by atoms with Crippen molar-refractivity contribution in [3.8, 4) is 22.9 Å². The van der Waals surface area contributed by atoms with Gasteiger partial charge >= 0.3 is 0 Å². The molecule has 1 N–H and O–H groups in total. The maximum atomic E-state index is 13.4. The molecule has 1 saturated heterocycles. The van der Waals surface area contributed by atoms with Gasteiger partial charge in [-0.15, -0.1) is 0 Å². The molecule has 1 atom stereocenters. The third-order valence-electron chi connectivity index (χ3n) is 6.27. The van der Waals surface area contributed by atoms with E-state index in [2.05, 4.69) is 23.6 Å². The Balaban J connectivity index is 1.61. The highest BCUT2D eigenvalue weighted by Crippen LogP contribution is 2.34. The average Bonchev–Trinajstić information content (AvgIpc) is 3.16. The summed E-state index contributed by atoms with van der Waals surface area (Å²) in [4.78, 5) is 4.49. The van der Waals surface area contributed by atoms with Gasteiger partial charge in [-0.05, 0) is 38.1 Å². The van der Waals surface area contributed by atoms with Crippen LogP contribution in [0.25, 0.3) is 11.3 Å². The van der Waals surface area contributed by atoms with Gasteiger partial charge in [0.1, 0.15) is 17.3 Å². The lowest BCUT2D eigenvalue weighted by atomic mass is 10.1. The molecule has 4 rings (SSSR count). The Hall–Kier alpha value is -2.78. The number of aliphatic hydroxyl groups excluding tert-OH is 1. The van der Waals surface area contributed by atoms with E-state index >= 15 is 0 Å². The summed E-state index contributed by atoms with van der Waals surface area (Å²) in [5.41, 5.74) is 2.75. The summed E-state index contributed by atoms with van der Waals surface area (Å²) in [5, 5.41) is 15.7. The third-order valence-corrected chi connectivity index (χ3v) is 6.27. The summed E-state index contributed by atoms with van der Waals surface area (Å²) in [6.07, 6.45) is -0.492. The Kier molecular flexibility index (Phi) is 8.51. The predicted octanol–water partition coefficient (Wildman–Crippen LogP) is 3.92. The van der Waals surface area contributed by atoms with Crippen molar-refractivity contribution < 1.29 is 19.0 Å². The highest BCUT2D eigenvalue weighted by atomic mass is 19.1. The Bertz CT molecular complexity index is 1070. The van der Waals surface area contributed by atoms with Crippen molar-refractivity contribution in [1.82, 2.24) is 19.6 Å². The summed E-state index contributed by atoms with van der Waals surface area (Å²) >= 11 is 0. The largest absolute Gasteiger partial charge is 0.439 e. The Morgan fingerprint density at radius 3 is 2.43 bits per heavy atom. The van der Waals surface area contributed by atoms with Gasteiger partial charge in [-0.3, -0.25) is 9.80 Å². The fourth-order valence-corrected chi connectivity index (χ4v) is 4.34. The number of aliphatic hydroxyl groups is 1. The van der Waals surface area contributed by atoms with Crippen molar-refractivity contribution in [2.24, 2.45) is 7.05 Å². The lowest BCUT2D eigenvalue weighted by Crippen LogP contribution is -2.45. The molecule has 0 unspecified atom stereocenters. The number of hydrogen-bond acceptors (Lipinski definition) is 6. The van der Waals surface area contributed by atoms with E-state index in [1.54, 1.807) is 16.8 Å². The molecule has 0 aliphatic carbocycles. The monoisotopic (exact) mass is 482 g/mol. The van der Waals surface area contributed by atoms with E-state index in [-0.39, 0.29) is 11.9 Å². The molecule has 2 heterocycles. The summed E-state index contributed by atoms with van der Waals surface area (Å²) < 4.78 is 26.8. The van der Waals surface area contributed by atoms with Gasteiger partial charge in [-0.1, -0.05) is 30.3 Å². The summed E-state index contributed by atoms with van der Waals surface area (Å²) in [5.74, 6) is 0.829. The molecule has 35 heavy (non-hydrogen) atoms. The molecule has 1 aliphatic heterocycles. The van der Waals surface area contributed by atoms with E-state index in [0.717, 1.165) is 29.9 Å². The van der Waals surface area contributed by atoms with E-state index in [9.17, 15) is 9.50 Å². The van der Waals surface area contributed by atoms with Gasteiger partial charge in [0.2, 0.25) is 5.88 Å². The summed E-state index contributed by atoms with van der Waals surface area (Å²) in [6, 6.07) is 16.2. The Morgan fingerprint density at radius 2 is 1.77 bits per heavy atom. The van der Waals surface area contributed by atoms with E-state index in [1.165, 1.54) is 12.1 Å². The molecule has 1 aliphatic rings. The van der Waals surface area contributed by atoms with E-state index in [1.807, 2.05) is 37.4 Å². The first-order valence-electron chi connectivity index (χ1n) is 12.2. The molecule has 0 saturated carbocycles. The summed E-state index contributed by atoms with van der Waals surface area (Å²) in [6.45, 7) is 9.04. The van der Waals surface area contributed by atoms with Crippen molar-refractivity contribution >= 4 is 0 Å². The van der Waals surface area contributed by atoms with Crippen LogP contribution in [0, 0.1) is 5.82 Å². The van der Waals surface area contributed by atoms with Gasteiger partial charge in [0.15, 0.2) is 0 Å². The van der Waals surface area contributed by atoms with E-state index in [4.69, 9.17) is 14.6 Å². The SMILES string of the molecule is CC(C)N(Cc1c(-c2ccccc2)nn(C)c1Oc1ccc(F)cc1)C[C@@H](O)CN1CCOCC1. The molecule has 188 valence electrons. The number of morpholine rings is 1. The van der Waals surface area contributed by atoms with Gasteiger partial charge in [0, 0.05) is 51.4 Å². The van der Waals surface area contributed by atoms with E-state index in [0.29, 0.717) is 44.5 Å². The lowest BCUT2D eigenvalue weighted by Gasteiger charge is -2.33. The van der Waals surface area contributed by atoms with Gasteiger partial charge in [-0.2, -0.15) is 5.10 Å². The van der Waals surface area contributed by atoms with Gasteiger partial charge < -0.3 is 14.6 Å². The number of ether oxygens (including phenoxy) is 2. The van der Waals surface area contributed by atoms with Crippen molar-refractivity contribution in [2.45, 2.75) is 32.5 Å². The normalized spacial score (nSPS) is 15.6. The molecular weight excluding hydrogens is 447 g/mol. The molecule has 0 spiro atoms. The van der Waals surface area contributed by atoms with Crippen LogP contribution < -0.4 is 4.74 Å². The second-order valence-corrected chi connectivity index (χ2v) is 9.27. The number of nitrogens with zero attached hydrogens (tertiary/aromatic N) is 4. The number of halogens is 1. The zero-order valence-corrected chi connectivity index (χ0v) is 20.7. The van der Waals surface area contributed by atoms with Crippen molar-refractivity contribution in [2.75, 3.05) is 39.4 Å². The predicted molar refractivity (Wildman–Crippen MR) is 134 cm³/mol. The maximum absolute atomic E-state index is 13.4. The minimum atomic E-state index is -0.492. The molecule has 3 aromatic rings. The topological polar surface area (TPSA) is 63.0 Å². The van der Waals surface area contributed by atoms with Crippen molar-refractivity contribution in [3.05, 3.63) is 66.0 Å². The van der Waals surface area contributed by atoms with Crippen LogP contribution in [0.4, 0.5) is 4.39 Å². The first-order chi connectivity index (χ1) is 16.9. The fraction of sp³-hybridized carbons (Fsp3) is 0.444. The quantitative estimate of drug-likeness (QED) is 0.473. The van der Waals surface area contributed by atoms with E-state index < -0.39 is 6.10 Å². The van der Waals surface area contributed by atoms with Gasteiger partial charge in [0.05, 0.1) is 24.9 Å². The van der Waals surface area contributed by atoms with Crippen LogP contribution >= 0.6 is 0 Å². The second-order valence-electron chi connectivity index (χ2n) is 9.27. The molecule has 7 nitrogen and oxygen atoms in total. The molecule has 2 aromatic carbocycles. The smallest absolute Gasteiger partial charge is 0.222 e. The van der Waals surface area contributed by atoms with Crippen LogP contribution in [0.3, 0.4) is 0 Å². The van der Waals surface area contributed by atoms with Crippen LogP contribution in [0.5, 0.6) is 11.6 Å². The number of benzene rings is 2. The van der Waals surface area contributed by atoms with Gasteiger partial charge in [-0.25, -0.2) is 9.07 Å². The molecule has 0 bridgehead atoms. The minimum Gasteiger partial charge on any atom is -0.439 e. The van der Waals surface area contributed by atoms with Crippen LogP contribution in [-0.4, -0.2) is 76.2 Å². The standard InChI is InChI=1S/C27H35FN4O3/c1-20(2)32(18-23(33)17-31-13-15-34-16-14-31)19-25-26(21-7-5-4-6-8-21)29-30(3)27(25)35-24-11-9-22(28)10-12-24/h4-12,20,23,33H,13-19H2,1-3H3/t23-/m0/s1. The number of aryl methyl sites for hydroxylation is 1. The van der Waals surface area contributed by atoms with Crippen molar-refractivity contribution in [1.29, 1.82) is 0 Å². The fourth-order valence-electron chi connectivity index (χ4n) is 4.34. The van der Waals surface area contributed by atoms with Crippen LogP contribution in [-0.2, 0) is 18.3 Å². The highest BCUT2D eigenvalue weighted by Gasteiger charge is 2.25. The minimum absolute atomic E-state index is 0.192. The molecule has 0 radical (unpaired) electrons. The average molecular weight is 483 g/mol. The van der Waals surface area contributed by atoms with Crippen LogP contribution in [0.15, 0.2) is 54.6 Å². The van der Waals surface area contributed by atoms with Crippen LogP contribution in [0.2, 0.25) is 0 Å². The molecule has 1 fully saturated rings. The van der Waals surface area contributed by atoms with Crippen molar-refractivity contribution in [3.63, 3.8) is 0 Å². The van der Waals surface area contributed by atoms with Crippen LogP contribution in [0.1, 0.15) is 19.4 Å². The summed E-state index contributed by atoms with van der Waals surface area (Å²) in [7, 11) is 1.85. The molecule has 8 heteroatoms. The number of aromatic nitrogens is 2. The maximum Gasteiger partial charge on any atom is 0.222 e. The Morgan fingerprint density at radius 1 is 1.09 bits per heavy atom. The number of hydrogen-bond donors (Lipinski definition) is 1. The first kappa shape index (κ1) is 25.3. The zero-order chi connectivity index (χ0) is 24.8. The molecular formula is C27H35FN4O3. The highest BCUT2D eigenvalue weighted by molar-refractivity contribution is 5.65. The molecule has 0 amide bonds. The number of β-amino-alcohol motifs (C(OH)–C–C–N with tert-alkyl or cyclic N) is 1. The second kappa shape index (κ2) is 11.8. The Labute approximate surface area is 206 Å². The lowest BCUT2D eigenvalue weighted by molar-refractivity contribution is 0.00340. The third kappa shape index (κ3) is 6.67. The first-order valence-corrected chi connectivity index (χ1v) is 12.2. The number of rotatable bonds is 10.